The van der Waals surface area contributed by atoms with Crippen molar-refractivity contribution in [2.24, 2.45) is 5.73 Å². The second kappa shape index (κ2) is 6.27. The second-order valence-electron chi connectivity index (χ2n) is 5.07. The van der Waals surface area contributed by atoms with E-state index in [9.17, 15) is 8.42 Å². The zero-order chi connectivity index (χ0) is 15.6. The van der Waals surface area contributed by atoms with Crippen LogP contribution in [0.2, 0.25) is 0 Å². The molecule has 114 valence electrons. The zero-order valence-electron chi connectivity index (χ0n) is 12.4. The number of hydrogen-bond donors (Lipinski definition) is 2. The molecular formula is C15H20N2O2S2. The molecule has 0 bridgehead atoms. The molecule has 0 spiro atoms. The summed E-state index contributed by atoms with van der Waals surface area (Å²) in [6.45, 7) is 5.85. The maximum atomic E-state index is 12.6. The highest BCUT2D eigenvalue weighted by Crippen LogP contribution is 2.28. The van der Waals surface area contributed by atoms with Crippen LogP contribution in [-0.4, -0.2) is 8.42 Å². The fraction of sp³-hybridized carbons (Fsp3) is 0.333. The van der Waals surface area contributed by atoms with Gasteiger partial charge in [-0.1, -0.05) is 24.3 Å². The molecule has 1 heterocycles. The van der Waals surface area contributed by atoms with Crippen LogP contribution in [0.1, 0.15) is 34.5 Å². The number of rotatable bonds is 5. The first-order valence-electron chi connectivity index (χ1n) is 6.71. The summed E-state index contributed by atoms with van der Waals surface area (Å²) in [6, 6.07) is 7.47. The van der Waals surface area contributed by atoms with Crippen molar-refractivity contribution in [2.45, 2.75) is 38.3 Å². The number of nitrogens with two attached hydrogens (primary N) is 1. The molecule has 4 nitrogen and oxygen atoms in total. The largest absolute Gasteiger partial charge is 0.326 e. The maximum absolute atomic E-state index is 12.6. The number of aryl methyl sites for hydroxylation is 2. The highest BCUT2D eigenvalue weighted by molar-refractivity contribution is 7.89. The standard InChI is InChI=1S/C15H20N2O2S2/c1-10-6-4-5-7-13(10)12(3)17-21(18,19)15-11(2)9-20-14(15)8-16/h4-7,9,12,17H,8,16H2,1-3H3. The molecule has 2 aromatic rings. The van der Waals surface area contributed by atoms with E-state index in [1.54, 1.807) is 6.92 Å². The van der Waals surface area contributed by atoms with Crippen molar-refractivity contribution in [1.82, 2.24) is 4.72 Å². The fourth-order valence-electron chi connectivity index (χ4n) is 2.42. The zero-order valence-corrected chi connectivity index (χ0v) is 14.0. The summed E-state index contributed by atoms with van der Waals surface area (Å²) in [5.41, 5.74) is 8.42. The Hall–Kier alpha value is -1.21. The summed E-state index contributed by atoms with van der Waals surface area (Å²) >= 11 is 1.38. The highest BCUT2D eigenvalue weighted by Gasteiger charge is 2.25. The summed E-state index contributed by atoms with van der Waals surface area (Å²) in [4.78, 5) is 1.02. The normalized spacial score (nSPS) is 13.3. The second-order valence-corrected chi connectivity index (χ2v) is 7.69. The number of hydrogen-bond acceptors (Lipinski definition) is 4. The molecule has 0 aliphatic carbocycles. The van der Waals surface area contributed by atoms with E-state index in [0.717, 1.165) is 16.7 Å². The molecule has 0 saturated carbocycles. The van der Waals surface area contributed by atoms with Gasteiger partial charge in [0.15, 0.2) is 0 Å². The van der Waals surface area contributed by atoms with Crippen LogP contribution in [0.3, 0.4) is 0 Å². The molecular weight excluding hydrogens is 304 g/mol. The van der Waals surface area contributed by atoms with Gasteiger partial charge in [-0.05, 0) is 42.8 Å². The Morgan fingerprint density at radius 1 is 1.24 bits per heavy atom. The molecule has 2 rings (SSSR count). The molecule has 0 saturated heterocycles. The predicted molar refractivity (Wildman–Crippen MR) is 86.9 cm³/mol. The van der Waals surface area contributed by atoms with E-state index in [2.05, 4.69) is 4.72 Å². The molecule has 1 aromatic heterocycles. The van der Waals surface area contributed by atoms with Crippen LogP contribution in [0.5, 0.6) is 0 Å². The van der Waals surface area contributed by atoms with Gasteiger partial charge >= 0.3 is 0 Å². The average molecular weight is 324 g/mol. The molecule has 1 atom stereocenters. The van der Waals surface area contributed by atoms with Crippen LogP contribution >= 0.6 is 11.3 Å². The van der Waals surface area contributed by atoms with E-state index < -0.39 is 10.0 Å². The first-order valence-corrected chi connectivity index (χ1v) is 9.08. The third-order valence-corrected chi connectivity index (χ3v) is 6.46. The first-order chi connectivity index (χ1) is 9.86. The van der Waals surface area contributed by atoms with Gasteiger partial charge in [-0.3, -0.25) is 0 Å². The van der Waals surface area contributed by atoms with E-state index in [0.29, 0.717) is 9.77 Å². The van der Waals surface area contributed by atoms with Gasteiger partial charge in [-0.15, -0.1) is 11.3 Å². The third kappa shape index (κ3) is 3.35. The van der Waals surface area contributed by atoms with Gasteiger partial charge in [-0.2, -0.15) is 0 Å². The Balaban J connectivity index is 2.34. The predicted octanol–water partition coefficient (Wildman–Crippen LogP) is 2.86. The van der Waals surface area contributed by atoms with Crippen LogP contribution in [0.4, 0.5) is 0 Å². The Morgan fingerprint density at radius 2 is 1.90 bits per heavy atom. The summed E-state index contributed by atoms with van der Waals surface area (Å²) < 4.78 is 28.0. The molecule has 0 fully saturated rings. The fourth-order valence-corrected chi connectivity index (χ4v) is 5.34. The van der Waals surface area contributed by atoms with Crippen molar-refractivity contribution in [3.8, 4) is 0 Å². The van der Waals surface area contributed by atoms with E-state index in [-0.39, 0.29) is 12.6 Å². The lowest BCUT2D eigenvalue weighted by Gasteiger charge is -2.17. The van der Waals surface area contributed by atoms with Crippen molar-refractivity contribution >= 4 is 21.4 Å². The van der Waals surface area contributed by atoms with E-state index in [1.807, 2.05) is 43.5 Å². The van der Waals surface area contributed by atoms with Crippen LogP contribution < -0.4 is 10.5 Å². The van der Waals surface area contributed by atoms with Crippen molar-refractivity contribution in [3.63, 3.8) is 0 Å². The number of benzene rings is 1. The highest BCUT2D eigenvalue weighted by atomic mass is 32.2. The van der Waals surface area contributed by atoms with Gasteiger partial charge in [0.05, 0.1) is 0 Å². The number of nitrogens with one attached hydrogen (secondary N) is 1. The topological polar surface area (TPSA) is 72.2 Å². The molecule has 6 heteroatoms. The smallest absolute Gasteiger partial charge is 0.242 e. The minimum Gasteiger partial charge on any atom is -0.326 e. The van der Waals surface area contributed by atoms with Gasteiger partial charge in [0.1, 0.15) is 4.90 Å². The third-order valence-electron chi connectivity index (χ3n) is 3.43. The Morgan fingerprint density at radius 3 is 2.52 bits per heavy atom. The van der Waals surface area contributed by atoms with E-state index in [4.69, 9.17) is 5.73 Å². The molecule has 0 aliphatic heterocycles. The summed E-state index contributed by atoms with van der Waals surface area (Å²) in [6.07, 6.45) is 0. The maximum Gasteiger partial charge on any atom is 0.242 e. The number of sulfonamides is 1. The van der Waals surface area contributed by atoms with E-state index >= 15 is 0 Å². The quantitative estimate of drug-likeness (QED) is 0.888. The molecule has 3 N–H and O–H groups in total. The van der Waals surface area contributed by atoms with Gasteiger partial charge in [0, 0.05) is 17.5 Å². The molecule has 0 radical (unpaired) electrons. The van der Waals surface area contributed by atoms with Crippen molar-refractivity contribution in [2.75, 3.05) is 0 Å². The van der Waals surface area contributed by atoms with Gasteiger partial charge in [-0.25, -0.2) is 13.1 Å². The molecule has 1 unspecified atom stereocenters. The van der Waals surface area contributed by atoms with Crippen LogP contribution in [0.25, 0.3) is 0 Å². The Labute approximate surface area is 130 Å². The molecule has 0 amide bonds. The molecule has 0 aliphatic rings. The van der Waals surface area contributed by atoms with Crippen molar-refractivity contribution in [3.05, 3.63) is 51.2 Å². The minimum absolute atomic E-state index is 0.230. The Kier molecular flexibility index (Phi) is 4.83. The molecule has 1 aromatic carbocycles. The average Bonchev–Trinajstić information content (AvgIpc) is 2.80. The summed E-state index contributed by atoms with van der Waals surface area (Å²) in [7, 11) is -3.57. The Bertz CT molecular complexity index is 736. The number of thiophene rings is 1. The lowest BCUT2D eigenvalue weighted by Crippen LogP contribution is -2.28. The van der Waals surface area contributed by atoms with Crippen LogP contribution in [0.15, 0.2) is 34.5 Å². The molecule has 21 heavy (non-hydrogen) atoms. The minimum atomic E-state index is -3.57. The van der Waals surface area contributed by atoms with Gasteiger partial charge in [0.25, 0.3) is 0 Å². The summed E-state index contributed by atoms with van der Waals surface area (Å²) in [5.74, 6) is 0. The van der Waals surface area contributed by atoms with Crippen LogP contribution in [-0.2, 0) is 16.6 Å². The van der Waals surface area contributed by atoms with Crippen molar-refractivity contribution in [1.29, 1.82) is 0 Å². The lowest BCUT2D eigenvalue weighted by molar-refractivity contribution is 0.565. The SMILES string of the molecule is Cc1ccccc1C(C)NS(=O)(=O)c1c(C)csc1CN. The lowest BCUT2D eigenvalue weighted by atomic mass is 10.0. The summed E-state index contributed by atoms with van der Waals surface area (Å²) in [5, 5.41) is 1.83. The monoisotopic (exact) mass is 324 g/mol. The van der Waals surface area contributed by atoms with Gasteiger partial charge in [0.2, 0.25) is 10.0 Å². The first kappa shape index (κ1) is 16.2. The van der Waals surface area contributed by atoms with E-state index in [1.165, 1.54) is 11.3 Å². The van der Waals surface area contributed by atoms with Crippen LogP contribution in [0, 0.1) is 13.8 Å². The van der Waals surface area contributed by atoms with Crippen molar-refractivity contribution < 1.29 is 8.42 Å². The van der Waals surface area contributed by atoms with Gasteiger partial charge < -0.3 is 5.73 Å².